The van der Waals surface area contributed by atoms with E-state index in [1.807, 2.05) is 0 Å². The monoisotopic (exact) mass is 167 g/mol. The smallest absolute Gasteiger partial charge is 0.00176 e. The molecule has 1 nitrogen and oxygen atoms in total. The summed E-state index contributed by atoms with van der Waals surface area (Å²) in [5, 5.41) is 3.50. The Morgan fingerprint density at radius 2 is 1.92 bits per heavy atom. The Morgan fingerprint density at radius 1 is 1.17 bits per heavy atom. The fourth-order valence-corrected chi connectivity index (χ4v) is 3.39. The standard InChI is InChI=1S/C11H21N/c1-9-8-12-7-6-11(9)5-4-10(11,2)3/h9,12H,4-8H2,1-3H3. The summed E-state index contributed by atoms with van der Waals surface area (Å²) < 4.78 is 0. The van der Waals surface area contributed by atoms with Gasteiger partial charge < -0.3 is 5.32 Å². The maximum Gasteiger partial charge on any atom is -0.00176 e. The van der Waals surface area contributed by atoms with Gasteiger partial charge in [-0.1, -0.05) is 20.8 Å². The van der Waals surface area contributed by atoms with Crippen molar-refractivity contribution >= 4 is 0 Å². The molecule has 0 amide bonds. The molecule has 2 rings (SSSR count). The van der Waals surface area contributed by atoms with Crippen molar-refractivity contribution < 1.29 is 0 Å². The third kappa shape index (κ3) is 0.891. The molecule has 0 aromatic carbocycles. The molecule has 1 spiro atoms. The zero-order valence-electron chi connectivity index (χ0n) is 8.61. The molecule has 1 saturated heterocycles. The molecule has 70 valence electrons. The molecule has 2 atom stereocenters. The fourth-order valence-electron chi connectivity index (χ4n) is 3.39. The van der Waals surface area contributed by atoms with Crippen LogP contribution in [0.3, 0.4) is 0 Å². The van der Waals surface area contributed by atoms with E-state index in [1.54, 1.807) is 0 Å². The molecule has 0 aromatic rings. The van der Waals surface area contributed by atoms with Gasteiger partial charge in [-0.05, 0) is 49.1 Å². The van der Waals surface area contributed by atoms with Crippen molar-refractivity contribution in [3.63, 3.8) is 0 Å². The Morgan fingerprint density at radius 3 is 2.25 bits per heavy atom. The summed E-state index contributed by atoms with van der Waals surface area (Å²) in [6.07, 6.45) is 4.32. The van der Waals surface area contributed by atoms with Crippen molar-refractivity contribution in [2.75, 3.05) is 13.1 Å². The van der Waals surface area contributed by atoms with Gasteiger partial charge in [-0.25, -0.2) is 0 Å². The molecule has 0 bridgehead atoms. The molecule has 0 radical (unpaired) electrons. The van der Waals surface area contributed by atoms with Gasteiger partial charge >= 0.3 is 0 Å². The minimum atomic E-state index is 0.620. The van der Waals surface area contributed by atoms with Crippen LogP contribution in [0.1, 0.15) is 40.0 Å². The van der Waals surface area contributed by atoms with Gasteiger partial charge in [0, 0.05) is 0 Å². The van der Waals surface area contributed by atoms with Crippen LogP contribution in [-0.4, -0.2) is 13.1 Å². The largest absolute Gasteiger partial charge is 0.316 e. The van der Waals surface area contributed by atoms with Crippen LogP contribution in [0, 0.1) is 16.7 Å². The normalized spacial score (nSPS) is 45.8. The highest BCUT2D eigenvalue weighted by Crippen LogP contribution is 2.62. The van der Waals surface area contributed by atoms with Gasteiger partial charge in [0.05, 0.1) is 0 Å². The highest BCUT2D eigenvalue weighted by atomic mass is 14.9. The molecule has 1 aliphatic carbocycles. The predicted molar refractivity (Wildman–Crippen MR) is 52.1 cm³/mol. The van der Waals surface area contributed by atoms with Gasteiger partial charge in [-0.15, -0.1) is 0 Å². The van der Waals surface area contributed by atoms with E-state index in [0.717, 1.165) is 5.92 Å². The summed E-state index contributed by atoms with van der Waals surface area (Å²) in [5.74, 6) is 0.884. The Hall–Kier alpha value is -0.0400. The predicted octanol–water partition coefficient (Wildman–Crippen LogP) is 2.42. The van der Waals surface area contributed by atoms with Crippen LogP contribution in [0.25, 0.3) is 0 Å². The lowest BCUT2D eigenvalue weighted by molar-refractivity contribution is -0.112. The van der Waals surface area contributed by atoms with Crippen LogP contribution in [0.5, 0.6) is 0 Å². The molecule has 1 saturated carbocycles. The Kier molecular flexibility index (Phi) is 1.76. The first-order valence-corrected chi connectivity index (χ1v) is 5.29. The number of hydrogen-bond acceptors (Lipinski definition) is 1. The van der Waals surface area contributed by atoms with Gasteiger partial charge in [-0.2, -0.15) is 0 Å². The van der Waals surface area contributed by atoms with Gasteiger partial charge in [0.1, 0.15) is 0 Å². The first-order chi connectivity index (χ1) is 5.58. The first kappa shape index (κ1) is 8.55. The Labute approximate surface area is 75.9 Å². The maximum absolute atomic E-state index is 3.50. The highest BCUT2D eigenvalue weighted by Gasteiger charge is 2.55. The van der Waals surface area contributed by atoms with Crippen LogP contribution in [0.15, 0.2) is 0 Å². The van der Waals surface area contributed by atoms with Crippen molar-refractivity contribution in [2.45, 2.75) is 40.0 Å². The quantitative estimate of drug-likeness (QED) is 0.584. The lowest BCUT2D eigenvalue weighted by atomic mass is 9.45. The van der Waals surface area contributed by atoms with Crippen molar-refractivity contribution in [3.8, 4) is 0 Å². The average molecular weight is 167 g/mol. The lowest BCUT2D eigenvalue weighted by Gasteiger charge is -2.62. The molecule has 1 N–H and O–H groups in total. The second kappa shape index (κ2) is 2.47. The zero-order chi connectivity index (χ0) is 8.82. The van der Waals surface area contributed by atoms with E-state index in [1.165, 1.54) is 32.4 Å². The maximum atomic E-state index is 3.50. The van der Waals surface area contributed by atoms with Crippen LogP contribution < -0.4 is 5.32 Å². The van der Waals surface area contributed by atoms with Gasteiger partial charge in [-0.3, -0.25) is 0 Å². The van der Waals surface area contributed by atoms with Gasteiger partial charge in [0.25, 0.3) is 0 Å². The van der Waals surface area contributed by atoms with Crippen LogP contribution >= 0.6 is 0 Å². The molecule has 1 aliphatic heterocycles. The van der Waals surface area contributed by atoms with E-state index in [0.29, 0.717) is 10.8 Å². The van der Waals surface area contributed by atoms with Crippen molar-refractivity contribution in [1.29, 1.82) is 0 Å². The second-order valence-electron chi connectivity index (χ2n) is 5.40. The fraction of sp³-hybridized carbons (Fsp3) is 1.00. The molecule has 1 heterocycles. The molecular formula is C11H21N. The lowest BCUT2D eigenvalue weighted by Crippen LogP contribution is -2.57. The minimum absolute atomic E-state index is 0.620. The van der Waals surface area contributed by atoms with E-state index in [9.17, 15) is 0 Å². The van der Waals surface area contributed by atoms with E-state index in [4.69, 9.17) is 0 Å². The summed E-state index contributed by atoms with van der Waals surface area (Å²) in [5.41, 5.74) is 1.31. The topological polar surface area (TPSA) is 12.0 Å². The first-order valence-electron chi connectivity index (χ1n) is 5.29. The summed E-state index contributed by atoms with van der Waals surface area (Å²) in [4.78, 5) is 0. The number of nitrogens with one attached hydrogen (secondary N) is 1. The van der Waals surface area contributed by atoms with Crippen LogP contribution in [-0.2, 0) is 0 Å². The molecule has 0 aromatic heterocycles. The Bertz CT molecular complexity index is 185. The van der Waals surface area contributed by atoms with Gasteiger partial charge in [0.15, 0.2) is 0 Å². The van der Waals surface area contributed by atoms with E-state index >= 15 is 0 Å². The number of piperidine rings is 1. The highest BCUT2D eigenvalue weighted by molar-refractivity contribution is 5.06. The molecular weight excluding hydrogens is 146 g/mol. The Balaban J connectivity index is 2.18. The van der Waals surface area contributed by atoms with Crippen LogP contribution in [0.4, 0.5) is 0 Å². The third-order valence-corrected chi connectivity index (χ3v) is 4.69. The number of rotatable bonds is 0. The SMILES string of the molecule is CC1CNCCC12CCC2(C)C. The summed E-state index contributed by atoms with van der Waals surface area (Å²) in [6.45, 7) is 9.82. The summed E-state index contributed by atoms with van der Waals surface area (Å²) in [7, 11) is 0. The third-order valence-electron chi connectivity index (χ3n) is 4.69. The van der Waals surface area contributed by atoms with Gasteiger partial charge in [0.2, 0.25) is 0 Å². The van der Waals surface area contributed by atoms with Crippen molar-refractivity contribution in [1.82, 2.24) is 5.32 Å². The van der Waals surface area contributed by atoms with Crippen molar-refractivity contribution in [3.05, 3.63) is 0 Å². The molecule has 1 heteroatoms. The molecule has 2 unspecified atom stereocenters. The van der Waals surface area contributed by atoms with E-state index in [2.05, 4.69) is 26.1 Å². The summed E-state index contributed by atoms with van der Waals surface area (Å²) >= 11 is 0. The molecule has 2 aliphatic rings. The van der Waals surface area contributed by atoms with Crippen LogP contribution in [0.2, 0.25) is 0 Å². The summed E-state index contributed by atoms with van der Waals surface area (Å²) in [6, 6.07) is 0. The minimum Gasteiger partial charge on any atom is -0.316 e. The molecule has 12 heavy (non-hydrogen) atoms. The zero-order valence-corrected chi connectivity index (χ0v) is 8.61. The van der Waals surface area contributed by atoms with E-state index in [-0.39, 0.29) is 0 Å². The second-order valence-corrected chi connectivity index (χ2v) is 5.40. The van der Waals surface area contributed by atoms with Crippen molar-refractivity contribution in [2.24, 2.45) is 16.7 Å². The molecule has 2 fully saturated rings. The van der Waals surface area contributed by atoms with E-state index < -0.39 is 0 Å². The average Bonchev–Trinajstić information content (AvgIpc) is 2.03. The number of hydrogen-bond donors (Lipinski definition) is 1.